The number of aliphatic carboxylic acids is 1. The summed E-state index contributed by atoms with van der Waals surface area (Å²) in [6, 6.07) is 5.67. The Morgan fingerprint density at radius 3 is 2.61 bits per heavy atom. The van der Waals surface area contributed by atoms with Crippen molar-refractivity contribution >= 4 is 17.6 Å². The van der Waals surface area contributed by atoms with Gasteiger partial charge in [-0.05, 0) is 36.5 Å². The molecule has 0 atom stereocenters. The Hall–Kier alpha value is -1.84. The topological polar surface area (TPSA) is 57.6 Å². The van der Waals surface area contributed by atoms with Gasteiger partial charge in [0, 0.05) is 19.2 Å². The number of carbonyl (C=O) groups is 2. The van der Waals surface area contributed by atoms with Crippen molar-refractivity contribution in [3.05, 3.63) is 29.3 Å². The van der Waals surface area contributed by atoms with E-state index >= 15 is 0 Å². The molecule has 1 aliphatic heterocycles. The molecule has 0 radical (unpaired) electrons. The van der Waals surface area contributed by atoms with Crippen LogP contribution in [0.4, 0.5) is 5.69 Å². The lowest BCUT2D eigenvalue weighted by Gasteiger charge is -2.17. The maximum Gasteiger partial charge on any atom is 0.314 e. The Bertz CT molecular complexity index is 546. The molecule has 1 N–H and O–H groups in total. The fourth-order valence-electron chi connectivity index (χ4n) is 2.93. The molecule has 1 aromatic rings. The van der Waals surface area contributed by atoms with E-state index in [0.29, 0.717) is 19.4 Å². The summed E-state index contributed by atoms with van der Waals surface area (Å²) in [5, 5.41) is 9.38. The van der Waals surface area contributed by atoms with Gasteiger partial charge in [0.25, 0.3) is 0 Å². The van der Waals surface area contributed by atoms with Gasteiger partial charge in [-0.3, -0.25) is 9.59 Å². The van der Waals surface area contributed by atoms with E-state index in [1.807, 2.05) is 18.2 Å². The molecule has 1 heterocycles. The number of anilines is 1. The first-order valence-electron chi connectivity index (χ1n) is 6.20. The number of hydrogen-bond donors (Lipinski definition) is 1. The number of carboxylic acid groups (broad SMARTS) is 1. The lowest BCUT2D eigenvalue weighted by Crippen LogP contribution is -2.25. The molecule has 0 bridgehead atoms. The summed E-state index contributed by atoms with van der Waals surface area (Å²) in [5.74, 6) is -0.719. The third kappa shape index (κ3) is 1.38. The maximum absolute atomic E-state index is 11.5. The molecular formula is C14H15NO3. The second kappa shape index (κ2) is 3.57. The molecule has 18 heavy (non-hydrogen) atoms. The van der Waals surface area contributed by atoms with Crippen molar-refractivity contribution in [1.82, 2.24) is 0 Å². The van der Waals surface area contributed by atoms with Crippen LogP contribution in [0.5, 0.6) is 0 Å². The van der Waals surface area contributed by atoms with E-state index in [0.717, 1.165) is 23.2 Å². The smallest absolute Gasteiger partial charge is 0.314 e. The molecule has 3 rings (SSSR count). The molecule has 0 unspecified atom stereocenters. The zero-order valence-corrected chi connectivity index (χ0v) is 10.3. The molecule has 1 aromatic carbocycles. The van der Waals surface area contributed by atoms with Gasteiger partial charge < -0.3 is 10.0 Å². The van der Waals surface area contributed by atoms with Gasteiger partial charge in [0.05, 0.1) is 5.41 Å². The summed E-state index contributed by atoms with van der Waals surface area (Å²) in [4.78, 5) is 24.7. The highest BCUT2D eigenvalue weighted by atomic mass is 16.4. The lowest BCUT2D eigenvalue weighted by molar-refractivity contribution is -0.140. The largest absolute Gasteiger partial charge is 0.481 e. The second-order valence-electron chi connectivity index (χ2n) is 5.11. The van der Waals surface area contributed by atoms with Crippen LogP contribution >= 0.6 is 0 Å². The Labute approximate surface area is 105 Å². The zero-order valence-electron chi connectivity index (χ0n) is 10.3. The van der Waals surface area contributed by atoms with Crippen LogP contribution in [-0.2, 0) is 21.4 Å². The minimum absolute atomic E-state index is 0.0195. The van der Waals surface area contributed by atoms with Crippen LogP contribution in [0.15, 0.2) is 18.2 Å². The van der Waals surface area contributed by atoms with Crippen molar-refractivity contribution in [2.75, 3.05) is 11.4 Å². The van der Waals surface area contributed by atoms with Gasteiger partial charge >= 0.3 is 5.97 Å². The molecule has 1 amide bonds. The van der Waals surface area contributed by atoms with E-state index in [2.05, 4.69) is 0 Å². The molecule has 0 saturated heterocycles. The van der Waals surface area contributed by atoms with Gasteiger partial charge in [-0.1, -0.05) is 12.1 Å². The van der Waals surface area contributed by atoms with Crippen LogP contribution < -0.4 is 4.90 Å². The molecular weight excluding hydrogens is 230 g/mol. The monoisotopic (exact) mass is 245 g/mol. The van der Waals surface area contributed by atoms with Gasteiger partial charge in [0.2, 0.25) is 5.91 Å². The van der Waals surface area contributed by atoms with Crippen LogP contribution in [0.3, 0.4) is 0 Å². The van der Waals surface area contributed by atoms with Crippen molar-refractivity contribution in [3.63, 3.8) is 0 Å². The predicted molar refractivity (Wildman–Crippen MR) is 66.7 cm³/mol. The van der Waals surface area contributed by atoms with Gasteiger partial charge in [-0.15, -0.1) is 0 Å². The number of fused-ring (bicyclic) bond motifs is 1. The van der Waals surface area contributed by atoms with E-state index < -0.39 is 11.4 Å². The van der Waals surface area contributed by atoms with Crippen molar-refractivity contribution in [3.8, 4) is 0 Å². The Balaban J connectivity index is 2.10. The zero-order chi connectivity index (χ0) is 12.9. The van der Waals surface area contributed by atoms with Gasteiger partial charge in [0.1, 0.15) is 0 Å². The molecule has 94 valence electrons. The van der Waals surface area contributed by atoms with E-state index in [1.54, 1.807) is 11.8 Å². The standard InChI is InChI=1S/C14H15NO3/c1-9(16)15-8-5-10-11(3-2-4-12(10)15)14(6-7-14)13(17)18/h2-4H,5-8H2,1H3,(H,17,18). The number of amides is 1. The fraction of sp³-hybridized carbons (Fsp3) is 0.429. The van der Waals surface area contributed by atoms with Crippen LogP contribution in [0.1, 0.15) is 30.9 Å². The minimum Gasteiger partial charge on any atom is -0.481 e. The van der Waals surface area contributed by atoms with Gasteiger partial charge in [-0.25, -0.2) is 0 Å². The van der Waals surface area contributed by atoms with Crippen LogP contribution in [-0.4, -0.2) is 23.5 Å². The second-order valence-corrected chi connectivity index (χ2v) is 5.11. The SMILES string of the molecule is CC(=O)N1CCc2c1cccc2C1(C(=O)O)CC1. The van der Waals surface area contributed by atoms with Crippen LogP contribution in [0.2, 0.25) is 0 Å². The quantitative estimate of drug-likeness (QED) is 0.863. The highest BCUT2D eigenvalue weighted by molar-refractivity contribution is 5.95. The summed E-state index contributed by atoms with van der Waals surface area (Å²) in [5.41, 5.74) is 2.18. The normalized spacial score (nSPS) is 19.5. The summed E-state index contributed by atoms with van der Waals surface area (Å²) >= 11 is 0. The van der Waals surface area contributed by atoms with E-state index in [1.165, 1.54) is 0 Å². The summed E-state index contributed by atoms with van der Waals surface area (Å²) in [6.07, 6.45) is 2.18. The Kier molecular flexibility index (Phi) is 2.24. The molecule has 1 aliphatic carbocycles. The number of hydrogen-bond acceptors (Lipinski definition) is 2. The third-order valence-corrected chi connectivity index (χ3v) is 4.08. The number of carbonyl (C=O) groups excluding carboxylic acids is 1. The van der Waals surface area contributed by atoms with E-state index in [4.69, 9.17) is 0 Å². The molecule has 0 aromatic heterocycles. The molecule has 4 heteroatoms. The number of carboxylic acids is 1. The minimum atomic E-state index is -0.739. The summed E-state index contributed by atoms with van der Waals surface area (Å²) in [7, 11) is 0. The van der Waals surface area contributed by atoms with Crippen molar-refractivity contribution in [2.45, 2.75) is 31.6 Å². The first kappa shape index (κ1) is 11.3. The molecule has 0 spiro atoms. The predicted octanol–water partition coefficient (Wildman–Crippen LogP) is 1.71. The van der Waals surface area contributed by atoms with Crippen molar-refractivity contribution in [1.29, 1.82) is 0 Å². The Morgan fingerprint density at radius 1 is 1.33 bits per heavy atom. The highest BCUT2D eigenvalue weighted by Gasteiger charge is 2.53. The number of nitrogens with zero attached hydrogens (tertiary/aromatic N) is 1. The lowest BCUT2D eigenvalue weighted by atomic mass is 9.90. The Morgan fingerprint density at radius 2 is 2.06 bits per heavy atom. The van der Waals surface area contributed by atoms with Crippen molar-refractivity contribution in [2.24, 2.45) is 0 Å². The first-order valence-corrected chi connectivity index (χ1v) is 6.20. The third-order valence-electron chi connectivity index (χ3n) is 4.08. The van der Waals surface area contributed by atoms with E-state index in [-0.39, 0.29) is 5.91 Å². The number of rotatable bonds is 2. The first-order chi connectivity index (χ1) is 8.56. The average molecular weight is 245 g/mol. The fourth-order valence-corrected chi connectivity index (χ4v) is 2.93. The van der Waals surface area contributed by atoms with Crippen LogP contribution in [0, 0.1) is 0 Å². The molecule has 1 fully saturated rings. The average Bonchev–Trinajstić information content (AvgIpc) is 3.01. The van der Waals surface area contributed by atoms with E-state index in [9.17, 15) is 14.7 Å². The summed E-state index contributed by atoms with van der Waals surface area (Å²) < 4.78 is 0. The molecule has 1 saturated carbocycles. The molecule has 4 nitrogen and oxygen atoms in total. The van der Waals surface area contributed by atoms with Crippen LogP contribution in [0.25, 0.3) is 0 Å². The summed E-state index contributed by atoms with van der Waals surface area (Å²) in [6.45, 7) is 2.21. The van der Waals surface area contributed by atoms with Gasteiger partial charge in [-0.2, -0.15) is 0 Å². The maximum atomic E-state index is 11.5. The van der Waals surface area contributed by atoms with Crippen molar-refractivity contribution < 1.29 is 14.7 Å². The van der Waals surface area contributed by atoms with Gasteiger partial charge in [0.15, 0.2) is 0 Å². The molecule has 2 aliphatic rings. The highest BCUT2D eigenvalue weighted by Crippen LogP contribution is 2.51. The number of benzene rings is 1.